The van der Waals surface area contributed by atoms with Crippen LogP contribution in [0.2, 0.25) is 5.02 Å². The van der Waals surface area contributed by atoms with E-state index >= 15 is 0 Å². The van der Waals surface area contributed by atoms with E-state index in [1.165, 1.54) is 0 Å². The molecule has 4 heteroatoms. The summed E-state index contributed by atoms with van der Waals surface area (Å²) in [4.78, 5) is 11.2. The summed E-state index contributed by atoms with van der Waals surface area (Å²) in [6.45, 7) is 3.91. The van der Waals surface area contributed by atoms with E-state index in [0.29, 0.717) is 10.8 Å². The van der Waals surface area contributed by atoms with Crippen molar-refractivity contribution in [1.29, 1.82) is 0 Å². The Bertz CT molecular complexity index is 468. The summed E-state index contributed by atoms with van der Waals surface area (Å²) in [6, 6.07) is 5.33. The molecule has 0 aliphatic heterocycles. The van der Waals surface area contributed by atoms with Gasteiger partial charge in [0, 0.05) is 16.5 Å². The molecule has 92 valence electrons. The number of rotatable bonds is 3. The van der Waals surface area contributed by atoms with Crippen molar-refractivity contribution in [2.45, 2.75) is 19.8 Å². The zero-order chi connectivity index (χ0) is 12.8. The number of aliphatic carboxylic acids is 1. The van der Waals surface area contributed by atoms with Crippen molar-refractivity contribution in [3.8, 4) is 5.75 Å². The molecule has 17 heavy (non-hydrogen) atoms. The summed E-state index contributed by atoms with van der Waals surface area (Å²) in [5.74, 6) is -0.457. The number of halogens is 1. The van der Waals surface area contributed by atoms with Gasteiger partial charge in [-0.15, -0.1) is 0 Å². The number of carboxylic acids is 1. The van der Waals surface area contributed by atoms with Crippen molar-refractivity contribution in [2.75, 3.05) is 7.11 Å². The summed E-state index contributed by atoms with van der Waals surface area (Å²) >= 11 is 5.96. The number of methoxy groups -OCH3 is 1. The summed E-state index contributed by atoms with van der Waals surface area (Å²) < 4.78 is 5.27. The number of carbonyl (C=O) groups is 1. The molecule has 0 amide bonds. The maximum absolute atomic E-state index is 11.2. The SMILES string of the molecule is COc1ccc(Cl)cc1C1C(C(=O)O)C1(C)C. The molecule has 0 spiro atoms. The van der Waals surface area contributed by atoms with Crippen molar-refractivity contribution >= 4 is 17.6 Å². The van der Waals surface area contributed by atoms with E-state index in [2.05, 4.69) is 0 Å². The van der Waals surface area contributed by atoms with Crippen LogP contribution in [0.3, 0.4) is 0 Å². The molecule has 0 heterocycles. The van der Waals surface area contributed by atoms with E-state index in [9.17, 15) is 9.90 Å². The largest absolute Gasteiger partial charge is 0.496 e. The Kier molecular flexibility index (Phi) is 2.82. The fourth-order valence-corrected chi connectivity index (χ4v) is 2.81. The average Bonchev–Trinajstić information content (AvgIpc) is 2.81. The summed E-state index contributed by atoms with van der Waals surface area (Å²) in [6.07, 6.45) is 0. The molecule has 0 aromatic heterocycles. The van der Waals surface area contributed by atoms with Crippen LogP contribution in [0.15, 0.2) is 18.2 Å². The van der Waals surface area contributed by atoms with Gasteiger partial charge in [-0.2, -0.15) is 0 Å². The molecule has 1 fully saturated rings. The van der Waals surface area contributed by atoms with E-state index in [1.807, 2.05) is 13.8 Å². The van der Waals surface area contributed by atoms with E-state index in [-0.39, 0.29) is 17.3 Å². The van der Waals surface area contributed by atoms with Crippen LogP contribution in [0, 0.1) is 11.3 Å². The van der Waals surface area contributed by atoms with Crippen molar-refractivity contribution in [1.82, 2.24) is 0 Å². The molecule has 1 saturated carbocycles. The fourth-order valence-electron chi connectivity index (χ4n) is 2.63. The standard InChI is InChI=1S/C13H15ClO3/c1-13(2)10(11(13)12(15)16)8-6-7(14)4-5-9(8)17-3/h4-6,10-11H,1-3H3,(H,15,16). The maximum atomic E-state index is 11.2. The van der Waals surface area contributed by atoms with E-state index in [4.69, 9.17) is 16.3 Å². The van der Waals surface area contributed by atoms with Crippen molar-refractivity contribution in [2.24, 2.45) is 11.3 Å². The van der Waals surface area contributed by atoms with Gasteiger partial charge >= 0.3 is 5.97 Å². The predicted molar refractivity (Wildman–Crippen MR) is 65.7 cm³/mol. The fraction of sp³-hybridized carbons (Fsp3) is 0.462. The summed E-state index contributed by atoms with van der Waals surface area (Å²) in [7, 11) is 1.58. The smallest absolute Gasteiger partial charge is 0.307 e. The third kappa shape index (κ3) is 1.89. The van der Waals surface area contributed by atoms with Crippen LogP contribution in [-0.2, 0) is 4.79 Å². The lowest BCUT2D eigenvalue weighted by molar-refractivity contribution is -0.139. The number of benzene rings is 1. The highest BCUT2D eigenvalue weighted by Gasteiger charge is 2.63. The monoisotopic (exact) mass is 254 g/mol. The summed E-state index contributed by atoms with van der Waals surface area (Å²) in [5, 5.41) is 9.78. The number of ether oxygens (including phenoxy) is 1. The minimum atomic E-state index is -0.762. The lowest BCUT2D eigenvalue weighted by Crippen LogP contribution is -2.03. The van der Waals surface area contributed by atoms with Crippen LogP contribution in [0.25, 0.3) is 0 Å². The van der Waals surface area contributed by atoms with Gasteiger partial charge in [-0.3, -0.25) is 4.79 Å². The molecule has 2 rings (SSSR count). The van der Waals surface area contributed by atoms with Crippen LogP contribution in [0.5, 0.6) is 5.75 Å². The summed E-state index contributed by atoms with van der Waals surface area (Å²) in [5.41, 5.74) is 0.640. The van der Waals surface area contributed by atoms with E-state index < -0.39 is 5.97 Å². The molecule has 0 saturated heterocycles. The molecular weight excluding hydrogens is 240 g/mol. The number of hydrogen-bond acceptors (Lipinski definition) is 2. The molecule has 2 atom stereocenters. The third-order valence-electron chi connectivity index (χ3n) is 3.62. The molecule has 0 bridgehead atoms. The Morgan fingerprint density at radius 3 is 2.59 bits per heavy atom. The van der Waals surface area contributed by atoms with Crippen molar-refractivity contribution in [3.63, 3.8) is 0 Å². The quantitative estimate of drug-likeness (QED) is 0.901. The normalized spacial score (nSPS) is 25.4. The molecular formula is C13H15ClO3. The topological polar surface area (TPSA) is 46.5 Å². The Balaban J connectivity index is 2.42. The Labute approximate surface area is 105 Å². The van der Waals surface area contributed by atoms with Crippen LogP contribution in [0.4, 0.5) is 0 Å². The van der Waals surface area contributed by atoms with Crippen LogP contribution in [-0.4, -0.2) is 18.2 Å². The van der Waals surface area contributed by atoms with Crippen molar-refractivity contribution in [3.05, 3.63) is 28.8 Å². The lowest BCUT2D eigenvalue weighted by atomic mass is 10.0. The Hall–Kier alpha value is -1.22. The lowest BCUT2D eigenvalue weighted by Gasteiger charge is -2.09. The number of hydrogen-bond donors (Lipinski definition) is 1. The first kappa shape index (κ1) is 12.2. The zero-order valence-corrected chi connectivity index (χ0v) is 10.8. The van der Waals surface area contributed by atoms with Crippen LogP contribution >= 0.6 is 11.6 Å². The van der Waals surface area contributed by atoms with Gasteiger partial charge in [0.25, 0.3) is 0 Å². The first-order chi connectivity index (χ1) is 7.89. The molecule has 1 aromatic carbocycles. The second-order valence-electron chi connectivity index (χ2n) is 5.00. The first-order valence-corrected chi connectivity index (χ1v) is 5.83. The van der Waals surface area contributed by atoms with Crippen molar-refractivity contribution < 1.29 is 14.6 Å². The predicted octanol–water partition coefficient (Wildman–Crippen LogP) is 3.17. The second-order valence-corrected chi connectivity index (χ2v) is 5.44. The van der Waals surface area contributed by atoms with Gasteiger partial charge in [0.2, 0.25) is 0 Å². The molecule has 0 radical (unpaired) electrons. The molecule has 2 unspecified atom stereocenters. The van der Waals surface area contributed by atoms with Gasteiger partial charge in [0.1, 0.15) is 5.75 Å². The van der Waals surface area contributed by atoms with E-state index in [0.717, 1.165) is 5.56 Å². The highest BCUT2D eigenvalue weighted by molar-refractivity contribution is 6.30. The van der Waals surface area contributed by atoms with Gasteiger partial charge in [-0.25, -0.2) is 0 Å². The molecule has 1 aliphatic rings. The molecule has 1 aliphatic carbocycles. The molecule has 1 aromatic rings. The van der Waals surface area contributed by atoms with Gasteiger partial charge in [0.05, 0.1) is 13.0 Å². The maximum Gasteiger partial charge on any atom is 0.307 e. The zero-order valence-electron chi connectivity index (χ0n) is 10.0. The minimum Gasteiger partial charge on any atom is -0.496 e. The van der Waals surface area contributed by atoms with Gasteiger partial charge in [-0.05, 0) is 23.6 Å². The van der Waals surface area contributed by atoms with Crippen LogP contribution in [0.1, 0.15) is 25.3 Å². The van der Waals surface area contributed by atoms with Crippen LogP contribution < -0.4 is 4.74 Å². The highest BCUT2D eigenvalue weighted by atomic mass is 35.5. The average molecular weight is 255 g/mol. The Morgan fingerprint density at radius 1 is 1.47 bits per heavy atom. The number of carboxylic acid groups (broad SMARTS) is 1. The second kappa shape index (κ2) is 3.91. The first-order valence-electron chi connectivity index (χ1n) is 5.46. The van der Waals surface area contributed by atoms with E-state index in [1.54, 1.807) is 25.3 Å². The molecule has 3 nitrogen and oxygen atoms in total. The Morgan fingerprint density at radius 2 is 2.12 bits per heavy atom. The van der Waals surface area contributed by atoms with Gasteiger partial charge in [-0.1, -0.05) is 25.4 Å². The van der Waals surface area contributed by atoms with Gasteiger partial charge in [0.15, 0.2) is 0 Å². The highest BCUT2D eigenvalue weighted by Crippen LogP contribution is 2.65. The third-order valence-corrected chi connectivity index (χ3v) is 3.86. The minimum absolute atomic E-state index is 0.0337. The van der Waals surface area contributed by atoms with Gasteiger partial charge < -0.3 is 9.84 Å². The molecule has 1 N–H and O–H groups in total.